The van der Waals surface area contributed by atoms with Crippen LogP contribution < -0.4 is 4.90 Å². The summed E-state index contributed by atoms with van der Waals surface area (Å²) in [6.07, 6.45) is 1.96. The maximum atomic E-state index is 11.3. The summed E-state index contributed by atoms with van der Waals surface area (Å²) in [7, 11) is 0. The highest BCUT2D eigenvalue weighted by molar-refractivity contribution is 8.02. The predicted molar refractivity (Wildman–Crippen MR) is 79.0 cm³/mol. The highest BCUT2D eigenvalue weighted by Gasteiger charge is 2.08. The average Bonchev–Trinajstić information content (AvgIpc) is 2.83. The molecule has 0 aliphatic carbocycles. The van der Waals surface area contributed by atoms with Crippen LogP contribution in [0, 0.1) is 12.1 Å². The molecule has 3 aromatic rings. The van der Waals surface area contributed by atoms with Crippen molar-refractivity contribution in [2.45, 2.75) is 11.8 Å². The second-order valence-electron chi connectivity index (χ2n) is 4.41. The van der Waals surface area contributed by atoms with Crippen LogP contribution in [-0.4, -0.2) is 5.16 Å². The molecule has 0 amide bonds. The Balaban J connectivity index is 1.76. The third-order valence-corrected chi connectivity index (χ3v) is 3.71. The Kier molecular flexibility index (Phi) is 3.43. The smallest absolute Gasteiger partial charge is 0.248 e. The van der Waals surface area contributed by atoms with Crippen molar-refractivity contribution in [1.82, 2.24) is 5.16 Å². The van der Waals surface area contributed by atoms with E-state index in [-0.39, 0.29) is 0 Å². The number of nitrogens with zero attached hydrogens (tertiary/aromatic N) is 2. The average molecular weight is 284 g/mol. The Morgan fingerprint density at radius 2 is 2.00 bits per heavy atom. The van der Waals surface area contributed by atoms with Crippen molar-refractivity contribution in [2.75, 3.05) is 0 Å². The SMILES string of the molecule is Cc1ccc(S/C=C/c2ccc3no[n+]([O-])c3c2)cc1. The van der Waals surface area contributed by atoms with Gasteiger partial charge in [-0.15, -0.1) is 0 Å². The molecule has 5 heteroatoms. The van der Waals surface area contributed by atoms with Crippen LogP contribution in [0.4, 0.5) is 0 Å². The second kappa shape index (κ2) is 5.38. The van der Waals surface area contributed by atoms with Gasteiger partial charge in [-0.05, 0) is 47.1 Å². The van der Waals surface area contributed by atoms with Gasteiger partial charge in [0, 0.05) is 16.1 Å². The number of benzene rings is 2. The van der Waals surface area contributed by atoms with E-state index in [9.17, 15) is 5.21 Å². The van der Waals surface area contributed by atoms with Gasteiger partial charge >= 0.3 is 0 Å². The van der Waals surface area contributed by atoms with Crippen molar-refractivity contribution in [3.63, 3.8) is 0 Å². The zero-order valence-corrected chi connectivity index (χ0v) is 11.6. The summed E-state index contributed by atoms with van der Waals surface area (Å²) < 4.78 is 4.54. The highest BCUT2D eigenvalue weighted by atomic mass is 32.2. The number of aromatic nitrogens is 2. The first-order valence-corrected chi connectivity index (χ1v) is 7.00. The van der Waals surface area contributed by atoms with E-state index in [2.05, 4.69) is 41.0 Å². The van der Waals surface area contributed by atoms with Gasteiger partial charge in [0.2, 0.25) is 11.0 Å². The van der Waals surface area contributed by atoms with Crippen molar-refractivity contribution >= 4 is 28.9 Å². The summed E-state index contributed by atoms with van der Waals surface area (Å²) in [6, 6.07) is 13.8. The van der Waals surface area contributed by atoms with E-state index in [4.69, 9.17) is 0 Å². The lowest BCUT2D eigenvalue weighted by Gasteiger charge is -1.97. The largest absolute Gasteiger partial charge is 0.359 e. The van der Waals surface area contributed by atoms with Crippen LogP contribution in [0.25, 0.3) is 17.1 Å². The zero-order chi connectivity index (χ0) is 13.9. The van der Waals surface area contributed by atoms with Gasteiger partial charge in [-0.2, -0.15) is 0 Å². The molecule has 3 rings (SSSR count). The normalized spacial score (nSPS) is 11.4. The van der Waals surface area contributed by atoms with Gasteiger partial charge in [-0.25, -0.2) is 0 Å². The first-order chi connectivity index (χ1) is 9.72. The lowest BCUT2D eigenvalue weighted by atomic mass is 10.2. The van der Waals surface area contributed by atoms with Crippen LogP contribution in [-0.2, 0) is 0 Å². The van der Waals surface area contributed by atoms with Gasteiger partial charge in [0.25, 0.3) is 0 Å². The molecule has 0 saturated carbocycles. The molecule has 0 N–H and O–H groups in total. The molecule has 0 saturated heterocycles. The molecule has 0 atom stereocenters. The number of rotatable bonds is 3. The second-order valence-corrected chi connectivity index (χ2v) is 5.39. The molecule has 1 heterocycles. The topological polar surface area (TPSA) is 53.0 Å². The molecule has 0 radical (unpaired) electrons. The van der Waals surface area contributed by atoms with Gasteiger partial charge in [-0.1, -0.05) is 35.5 Å². The van der Waals surface area contributed by atoms with E-state index in [1.165, 1.54) is 10.5 Å². The number of hydrogen-bond donors (Lipinski definition) is 0. The molecular weight excluding hydrogens is 272 g/mol. The molecule has 0 aliphatic heterocycles. The Morgan fingerprint density at radius 3 is 2.80 bits per heavy atom. The van der Waals surface area contributed by atoms with Crippen LogP contribution in [0.2, 0.25) is 0 Å². The fourth-order valence-corrected chi connectivity index (χ4v) is 2.48. The highest BCUT2D eigenvalue weighted by Crippen LogP contribution is 2.21. The molecule has 1 aromatic heterocycles. The Labute approximate surface area is 120 Å². The maximum Gasteiger partial charge on any atom is 0.248 e. The van der Waals surface area contributed by atoms with Crippen molar-refractivity contribution in [1.29, 1.82) is 0 Å². The van der Waals surface area contributed by atoms with Gasteiger partial charge < -0.3 is 5.21 Å². The summed E-state index contributed by atoms with van der Waals surface area (Å²) in [6.45, 7) is 2.07. The quantitative estimate of drug-likeness (QED) is 0.545. The molecule has 0 aliphatic rings. The molecule has 20 heavy (non-hydrogen) atoms. The van der Waals surface area contributed by atoms with E-state index >= 15 is 0 Å². The minimum absolute atomic E-state index is 0.416. The van der Waals surface area contributed by atoms with Gasteiger partial charge in [0.15, 0.2) is 0 Å². The van der Waals surface area contributed by atoms with Gasteiger partial charge in [0.1, 0.15) is 0 Å². The lowest BCUT2D eigenvalue weighted by molar-refractivity contribution is -0.782. The minimum atomic E-state index is 0.416. The van der Waals surface area contributed by atoms with Crippen LogP contribution in [0.3, 0.4) is 0 Å². The van der Waals surface area contributed by atoms with Gasteiger partial charge in [-0.3, -0.25) is 4.63 Å². The fourth-order valence-electron chi connectivity index (χ4n) is 1.80. The Morgan fingerprint density at radius 1 is 1.20 bits per heavy atom. The van der Waals surface area contributed by atoms with Crippen molar-refractivity contribution in [2.24, 2.45) is 0 Å². The number of thioether (sulfide) groups is 1. The van der Waals surface area contributed by atoms with Crippen LogP contribution in [0.1, 0.15) is 11.1 Å². The summed E-state index contributed by atoms with van der Waals surface area (Å²) in [5.41, 5.74) is 3.18. The van der Waals surface area contributed by atoms with Gasteiger partial charge in [0.05, 0.1) is 0 Å². The van der Waals surface area contributed by atoms with E-state index < -0.39 is 0 Å². The number of hydrogen-bond acceptors (Lipinski definition) is 4. The number of aryl methyl sites for hydroxylation is 1. The molecule has 0 unspecified atom stereocenters. The molecule has 100 valence electrons. The first kappa shape index (κ1) is 12.7. The van der Waals surface area contributed by atoms with Crippen molar-refractivity contribution in [3.05, 3.63) is 64.2 Å². The molecule has 0 bridgehead atoms. The predicted octanol–water partition coefficient (Wildman–Crippen LogP) is 3.53. The van der Waals surface area contributed by atoms with E-state index in [0.717, 1.165) is 5.56 Å². The zero-order valence-electron chi connectivity index (χ0n) is 10.8. The Hall–Kier alpha value is -2.27. The molecule has 0 spiro atoms. The van der Waals surface area contributed by atoms with E-state index in [0.29, 0.717) is 15.9 Å². The summed E-state index contributed by atoms with van der Waals surface area (Å²) in [4.78, 5) is 1.59. The Bertz CT molecular complexity index is 763. The summed E-state index contributed by atoms with van der Waals surface area (Å²) >= 11 is 1.63. The van der Waals surface area contributed by atoms with E-state index in [1.807, 2.05) is 17.6 Å². The third-order valence-electron chi connectivity index (χ3n) is 2.90. The summed E-state index contributed by atoms with van der Waals surface area (Å²) in [5.74, 6) is 0. The minimum Gasteiger partial charge on any atom is -0.359 e. The van der Waals surface area contributed by atoms with E-state index in [1.54, 1.807) is 23.9 Å². The van der Waals surface area contributed by atoms with Crippen LogP contribution >= 0.6 is 11.8 Å². The van der Waals surface area contributed by atoms with Crippen LogP contribution in [0.15, 0.2) is 57.4 Å². The number of fused-ring (bicyclic) bond motifs is 1. The molecule has 4 nitrogen and oxygen atoms in total. The standard InChI is InChI=1S/C15H12N2O2S/c1-11-2-5-13(6-3-11)20-9-8-12-4-7-14-15(10-12)17(18)19-16-14/h2-10H,1H3/b9-8+. The lowest BCUT2D eigenvalue weighted by Crippen LogP contribution is -2.22. The van der Waals surface area contributed by atoms with Crippen molar-refractivity contribution in [3.8, 4) is 0 Å². The first-order valence-electron chi connectivity index (χ1n) is 6.12. The monoisotopic (exact) mass is 284 g/mol. The third kappa shape index (κ3) is 2.67. The molecule has 2 aromatic carbocycles. The van der Waals surface area contributed by atoms with Crippen molar-refractivity contribution < 1.29 is 9.53 Å². The maximum absolute atomic E-state index is 11.3. The van der Waals surface area contributed by atoms with Crippen LogP contribution in [0.5, 0.6) is 0 Å². The summed E-state index contributed by atoms with van der Waals surface area (Å²) in [5, 5.41) is 17.0. The molecular formula is C15H12N2O2S. The fraction of sp³-hybridized carbons (Fsp3) is 0.0667. The molecule has 0 fully saturated rings.